The van der Waals surface area contributed by atoms with E-state index in [4.69, 9.17) is 4.74 Å². The fourth-order valence-electron chi connectivity index (χ4n) is 4.34. The van der Waals surface area contributed by atoms with Crippen LogP contribution in [0.4, 0.5) is 5.13 Å². The van der Waals surface area contributed by atoms with Crippen LogP contribution in [0.15, 0.2) is 23.6 Å². The lowest BCUT2D eigenvalue weighted by atomic mass is 9.87. The van der Waals surface area contributed by atoms with Gasteiger partial charge in [-0.15, -0.1) is 11.3 Å². The smallest absolute Gasteiger partial charge is 0.226 e. The standard InChI is InChI=1S/C22H29N3O2S/c1-27-20-8-7-18-13-25(10-9-17(18)12-20)14-19-15-28-22(23-19)24-21(26)11-16-5-3-2-4-6-16/h7-8,12,15-16H,2-6,9-11,13-14H2,1H3,(H,23,24,26). The highest BCUT2D eigenvalue weighted by Gasteiger charge is 2.20. The number of aromatic nitrogens is 1. The molecule has 1 fully saturated rings. The van der Waals surface area contributed by atoms with Gasteiger partial charge in [-0.05, 0) is 48.4 Å². The molecule has 1 aliphatic carbocycles. The van der Waals surface area contributed by atoms with Crippen LogP contribution < -0.4 is 10.1 Å². The number of rotatable bonds is 6. The summed E-state index contributed by atoms with van der Waals surface area (Å²) >= 11 is 1.53. The highest BCUT2D eigenvalue weighted by atomic mass is 32.1. The molecule has 1 saturated carbocycles. The molecule has 1 N–H and O–H groups in total. The lowest BCUT2D eigenvalue weighted by Gasteiger charge is -2.28. The minimum atomic E-state index is 0.119. The van der Waals surface area contributed by atoms with Gasteiger partial charge in [-0.1, -0.05) is 25.3 Å². The van der Waals surface area contributed by atoms with E-state index in [2.05, 4.69) is 32.7 Å². The van der Waals surface area contributed by atoms with Crippen LogP contribution in [0.3, 0.4) is 0 Å². The zero-order valence-corrected chi connectivity index (χ0v) is 17.4. The molecule has 2 aliphatic rings. The van der Waals surface area contributed by atoms with Crippen LogP contribution in [-0.2, 0) is 24.3 Å². The number of carbonyl (C=O) groups excluding carboxylic acids is 1. The van der Waals surface area contributed by atoms with Gasteiger partial charge < -0.3 is 10.1 Å². The molecule has 0 unspecified atom stereocenters. The van der Waals surface area contributed by atoms with Gasteiger partial charge in [-0.25, -0.2) is 4.98 Å². The molecular formula is C22H29N3O2S. The average molecular weight is 400 g/mol. The van der Waals surface area contributed by atoms with Crippen molar-refractivity contribution in [1.29, 1.82) is 0 Å². The van der Waals surface area contributed by atoms with Crippen molar-refractivity contribution in [2.75, 3.05) is 19.0 Å². The first-order chi connectivity index (χ1) is 13.7. The van der Waals surface area contributed by atoms with Crippen LogP contribution in [0.2, 0.25) is 0 Å². The van der Waals surface area contributed by atoms with Crippen LogP contribution in [0.1, 0.15) is 55.3 Å². The predicted octanol–water partition coefficient (Wildman–Crippen LogP) is 4.62. The molecule has 6 heteroatoms. The topological polar surface area (TPSA) is 54.5 Å². The van der Waals surface area contributed by atoms with E-state index in [1.54, 1.807) is 7.11 Å². The maximum Gasteiger partial charge on any atom is 0.226 e. The van der Waals surface area contributed by atoms with Gasteiger partial charge in [0.15, 0.2) is 5.13 Å². The molecule has 0 spiro atoms. The number of fused-ring (bicyclic) bond motifs is 1. The van der Waals surface area contributed by atoms with Gasteiger partial charge in [0.05, 0.1) is 12.8 Å². The molecular weight excluding hydrogens is 370 g/mol. The Morgan fingerprint density at radius 2 is 2.14 bits per heavy atom. The Hall–Kier alpha value is -1.92. The Bertz CT molecular complexity index is 814. The van der Waals surface area contributed by atoms with E-state index in [1.807, 2.05) is 6.07 Å². The van der Waals surface area contributed by atoms with E-state index in [-0.39, 0.29) is 5.91 Å². The summed E-state index contributed by atoms with van der Waals surface area (Å²) in [5.74, 6) is 1.61. The molecule has 1 amide bonds. The Labute approximate surface area is 171 Å². The van der Waals surface area contributed by atoms with Gasteiger partial charge in [0.2, 0.25) is 5.91 Å². The van der Waals surface area contributed by atoms with E-state index in [1.165, 1.54) is 54.6 Å². The number of thiazole rings is 1. The van der Waals surface area contributed by atoms with Crippen molar-refractivity contribution in [2.45, 2.75) is 58.0 Å². The predicted molar refractivity (Wildman–Crippen MR) is 113 cm³/mol. The van der Waals surface area contributed by atoms with Crippen molar-refractivity contribution in [2.24, 2.45) is 5.92 Å². The number of nitrogens with zero attached hydrogens (tertiary/aromatic N) is 2. The number of nitrogens with one attached hydrogen (secondary N) is 1. The van der Waals surface area contributed by atoms with Gasteiger partial charge >= 0.3 is 0 Å². The number of carbonyl (C=O) groups is 1. The molecule has 1 aromatic heterocycles. The van der Waals surface area contributed by atoms with Crippen molar-refractivity contribution in [3.63, 3.8) is 0 Å². The van der Waals surface area contributed by atoms with Gasteiger partial charge in [-0.2, -0.15) is 0 Å². The third kappa shape index (κ3) is 4.92. The minimum absolute atomic E-state index is 0.119. The van der Waals surface area contributed by atoms with E-state index < -0.39 is 0 Å². The number of hydrogen-bond donors (Lipinski definition) is 1. The van der Waals surface area contributed by atoms with Crippen LogP contribution in [0.25, 0.3) is 0 Å². The van der Waals surface area contributed by atoms with Crippen molar-refractivity contribution in [1.82, 2.24) is 9.88 Å². The first-order valence-electron chi connectivity index (χ1n) is 10.3. The number of benzene rings is 1. The molecule has 1 aliphatic heterocycles. The van der Waals surface area contributed by atoms with Crippen molar-refractivity contribution in [3.8, 4) is 5.75 Å². The molecule has 4 rings (SSSR count). The third-order valence-corrected chi connectivity index (χ3v) is 6.69. The molecule has 0 radical (unpaired) electrons. The first-order valence-corrected chi connectivity index (χ1v) is 11.2. The summed E-state index contributed by atoms with van der Waals surface area (Å²) in [4.78, 5) is 19.4. The normalized spacial score (nSPS) is 17.9. The quantitative estimate of drug-likeness (QED) is 0.770. The Morgan fingerprint density at radius 1 is 1.29 bits per heavy atom. The maximum absolute atomic E-state index is 12.3. The number of hydrogen-bond acceptors (Lipinski definition) is 5. The molecule has 0 atom stereocenters. The summed E-state index contributed by atoms with van der Waals surface area (Å²) in [5, 5.41) is 5.81. The number of methoxy groups -OCH3 is 1. The van der Waals surface area contributed by atoms with Gasteiger partial charge in [0, 0.05) is 31.4 Å². The van der Waals surface area contributed by atoms with Crippen LogP contribution in [-0.4, -0.2) is 29.4 Å². The molecule has 5 nitrogen and oxygen atoms in total. The number of anilines is 1. The average Bonchev–Trinajstić information content (AvgIpc) is 3.14. The van der Waals surface area contributed by atoms with E-state index in [0.717, 1.165) is 42.6 Å². The molecule has 0 saturated heterocycles. The molecule has 150 valence electrons. The highest BCUT2D eigenvalue weighted by molar-refractivity contribution is 7.13. The molecule has 2 aromatic rings. The van der Waals surface area contributed by atoms with Crippen molar-refractivity contribution < 1.29 is 9.53 Å². The Kier molecular flexibility index (Phi) is 6.27. The van der Waals surface area contributed by atoms with E-state index >= 15 is 0 Å². The van der Waals surface area contributed by atoms with E-state index in [0.29, 0.717) is 12.3 Å². The lowest BCUT2D eigenvalue weighted by molar-refractivity contribution is -0.117. The first kappa shape index (κ1) is 19.4. The number of amides is 1. The van der Waals surface area contributed by atoms with Crippen molar-refractivity contribution in [3.05, 3.63) is 40.4 Å². The molecule has 0 bridgehead atoms. The lowest BCUT2D eigenvalue weighted by Crippen LogP contribution is -2.30. The Morgan fingerprint density at radius 3 is 2.96 bits per heavy atom. The summed E-state index contributed by atoms with van der Waals surface area (Å²) < 4.78 is 5.33. The van der Waals surface area contributed by atoms with Crippen LogP contribution in [0.5, 0.6) is 5.75 Å². The SMILES string of the molecule is COc1ccc2c(c1)CCN(Cc1csc(NC(=O)CC3CCCCC3)n1)C2. The van der Waals surface area contributed by atoms with Crippen LogP contribution in [0, 0.1) is 5.92 Å². The number of ether oxygens (including phenoxy) is 1. The summed E-state index contributed by atoms with van der Waals surface area (Å²) in [6.45, 7) is 2.77. The van der Waals surface area contributed by atoms with Crippen LogP contribution >= 0.6 is 11.3 Å². The zero-order valence-electron chi connectivity index (χ0n) is 16.6. The summed E-state index contributed by atoms with van der Waals surface area (Å²) in [7, 11) is 1.71. The second kappa shape index (κ2) is 9.05. The molecule has 28 heavy (non-hydrogen) atoms. The Balaban J connectivity index is 1.29. The fourth-order valence-corrected chi connectivity index (χ4v) is 5.06. The molecule has 2 heterocycles. The van der Waals surface area contributed by atoms with Gasteiger partial charge in [0.1, 0.15) is 5.75 Å². The summed E-state index contributed by atoms with van der Waals surface area (Å²) in [6.07, 6.45) is 7.92. The van der Waals surface area contributed by atoms with Gasteiger partial charge in [0.25, 0.3) is 0 Å². The molecule has 1 aromatic carbocycles. The minimum Gasteiger partial charge on any atom is -0.497 e. The summed E-state index contributed by atoms with van der Waals surface area (Å²) in [5.41, 5.74) is 3.78. The largest absolute Gasteiger partial charge is 0.497 e. The zero-order chi connectivity index (χ0) is 19.3. The summed E-state index contributed by atoms with van der Waals surface area (Å²) in [6, 6.07) is 6.35. The second-order valence-electron chi connectivity index (χ2n) is 8.00. The third-order valence-electron chi connectivity index (χ3n) is 5.89. The van der Waals surface area contributed by atoms with Gasteiger partial charge in [-0.3, -0.25) is 9.69 Å². The monoisotopic (exact) mass is 399 g/mol. The highest BCUT2D eigenvalue weighted by Crippen LogP contribution is 2.28. The van der Waals surface area contributed by atoms with E-state index in [9.17, 15) is 4.79 Å². The fraction of sp³-hybridized carbons (Fsp3) is 0.545. The maximum atomic E-state index is 12.3. The van der Waals surface area contributed by atoms with Crippen molar-refractivity contribution >= 4 is 22.4 Å². The second-order valence-corrected chi connectivity index (χ2v) is 8.85.